The van der Waals surface area contributed by atoms with Gasteiger partial charge in [0.25, 0.3) is 0 Å². The standard InChI is InChI=1S/C22H33F3O2/c1-21-10-9-16-15-6-4-14(22(23,24)25)11-13(15)3-5-17(16)18(21)7-8-19(21)20(26)12-27-2/h13-19H,3-12H2,1-2H3/t13-,14+,15+,16?,17-,18+,19-,21+/m1/s1. The first kappa shape index (κ1) is 19.7. The Morgan fingerprint density at radius 2 is 1.74 bits per heavy atom. The molecule has 0 aromatic rings. The number of fused-ring (bicyclic) bond motifs is 5. The Kier molecular flexibility index (Phi) is 5.14. The Morgan fingerprint density at radius 3 is 2.44 bits per heavy atom. The number of ketones is 1. The molecule has 0 bridgehead atoms. The highest BCUT2D eigenvalue weighted by molar-refractivity contribution is 5.83. The molecule has 0 aliphatic heterocycles. The maximum Gasteiger partial charge on any atom is 0.391 e. The Labute approximate surface area is 160 Å². The Balaban J connectivity index is 1.48. The molecule has 0 saturated heterocycles. The monoisotopic (exact) mass is 386 g/mol. The van der Waals surface area contributed by atoms with Gasteiger partial charge in [0.15, 0.2) is 5.78 Å². The molecule has 4 fully saturated rings. The first-order valence-electron chi connectivity index (χ1n) is 10.8. The smallest absolute Gasteiger partial charge is 0.377 e. The van der Waals surface area contributed by atoms with Crippen LogP contribution in [0.5, 0.6) is 0 Å². The summed E-state index contributed by atoms with van der Waals surface area (Å²) in [4.78, 5) is 12.6. The molecule has 0 radical (unpaired) electrons. The van der Waals surface area contributed by atoms with Crippen LogP contribution in [0.15, 0.2) is 0 Å². The quantitative estimate of drug-likeness (QED) is 0.627. The van der Waals surface area contributed by atoms with Crippen molar-refractivity contribution in [1.82, 2.24) is 0 Å². The SMILES string of the molecule is COCC(=O)[C@H]1CC[C@H]2[C@@H]3CC[C@@H]4C[C@@H](C(F)(F)F)CC[C@@H]4C3CC[C@]12C. The van der Waals surface area contributed by atoms with E-state index in [2.05, 4.69) is 6.92 Å². The molecule has 4 saturated carbocycles. The lowest BCUT2D eigenvalue weighted by atomic mass is 9.49. The fraction of sp³-hybridized carbons (Fsp3) is 0.955. The van der Waals surface area contributed by atoms with Gasteiger partial charge in [0.05, 0.1) is 5.92 Å². The minimum absolute atomic E-state index is 0.0762. The Hall–Kier alpha value is -0.580. The lowest BCUT2D eigenvalue weighted by molar-refractivity contribution is -0.196. The molecule has 0 heterocycles. The Morgan fingerprint density at radius 1 is 1.00 bits per heavy atom. The largest absolute Gasteiger partial charge is 0.391 e. The third-order valence-corrected chi connectivity index (χ3v) is 9.09. The van der Waals surface area contributed by atoms with E-state index in [1.807, 2.05) is 0 Å². The fourth-order valence-corrected chi connectivity index (χ4v) is 7.92. The van der Waals surface area contributed by atoms with Gasteiger partial charge >= 0.3 is 6.18 Å². The number of rotatable bonds is 3. The van der Waals surface area contributed by atoms with Crippen molar-refractivity contribution in [2.75, 3.05) is 13.7 Å². The van der Waals surface area contributed by atoms with Gasteiger partial charge in [-0.3, -0.25) is 4.79 Å². The van der Waals surface area contributed by atoms with Crippen molar-refractivity contribution in [1.29, 1.82) is 0 Å². The highest BCUT2D eigenvalue weighted by atomic mass is 19.4. The fourth-order valence-electron chi connectivity index (χ4n) is 7.92. The number of ether oxygens (including phenoxy) is 1. The van der Waals surface area contributed by atoms with Crippen LogP contribution in [-0.2, 0) is 9.53 Å². The van der Waals surface area contributed by atoms with Crippen molar-refractivity contribution in [3.8, 4) is 0 Å². The highest BCUT2D eigenvalue weighted by Crippen LogP contribution is 2.64. The summed E-state index contributed by atoms with van der Waals surface area (Å²) in [6, 6.07) is 0. The van der Waals surface area contributed by atoms with E-state index in [1.54, 1.807) is 7.11 Å². The topological polar surface area (TPSA) is 26.3 Å². The second-order valence-electron chi connectivity index (χ2n) is 10.1. The van der Waals surface area contributed by atoms with Crippen molar-refractivity contribution >= 4 is 5.78 Å². The number of Topliss-reactive ketones (excluding diaryl/α,β-unsaturated/α-hetero) is 1. The molecule has 0 amide bonds. The third-order valence-electron chi connectivity index (χ3n) is 9.09. The van der Waals surface area contributed by atoms with Gasteiger partial charge in [0.2, 0.25) is 0 Å². The molecule has 2 nitrogen and oxygen atoms in total. The number of hydrogen-bond donors (Lipinski definition) is 0. The summed E-state index contributed by atoms with van der Waals surface area (Å²) in [7, 11) is 1.59. The summed E-state index contributed by atoms with van der Waals surface area (Å²) in [5, 5.41) is 0. The van der Waals surface area contributed by atoms with E-state index in [0.717, 1.165) is 44.9 Å². The van der Waals surface area contributed by atoms with Crippen LogP contribution in [-0.4, -0.2) is 25.7 Å². The van der Waals surface area contributed by atoms with Gasteiger partial charge in [-0.15, -0.1) is 0 Å². The number of halogens is 3. The van der Waals surface area contributed by atoms with Crippen LogP contribution < -0.4 is 0 Å². The number of carbonyl (C=O) groups is 1. The summed E-state index contributed by atoms with van der Waals surface area (Å²) in [5.41, 5.74) is 0.0762. The van der Waals surface area contributed by atoms with E-state index in [1.165, 1.54) is 0 Å². The van der Waals surface area contributed by atoms with Gasteiger partial charge in [-0.2, -0.15) is 13.2 Å². The number of carbonyl (C=O) groups excluding carboxylic acids is 1. The summed E-state index contributed by atoms with van der Waals surface area (Å²) in [6.07, 6.45) is 3.69. The number of methoxy groups -OCH3 is 1. The zero-order chi connectivity index (χ0) is 19.4. The molecule has 0 aromatic heterocycles. The summed E-state index contributed by atoms with van der Waals surface area (Å²) in [5.74, 6) is 1.82. The van der Waals surface area contributed by atoms with Crippen LogP contribution >= 0.6 is 0 Å². The number of alkyl halides is 3. The molecular formula is C22H33F3O2. The van der Waals surface area contributed by atoms with E-state index in [0.29, 0.717) is 36.5 Å². The Bertz CT molecular complexity index is 574. The molecule has 0 spiro atoms. The minimum atomic E-state index is -4.02. The first-order chi connectivity index (χ1) is 12.8. The number of hydrogen-bond acceptors (Lipinski definition) is 2. The molecule has 5 heteroatoms. The van der Waals surface area contributed by atoms with Crippen molar-refractivity contribution in [2.24, 2.45) is 46.8 Å². The van der Waals surface area contributed by atoms with Crippen LogP contribution in [0, 0.1) is 46.8 Å². The maximum absolute atomic E-state index is 13.2. The molecule has 4 rings (SSSR count). The van der Waals surface area contributed by atoms with Crippen molar-refractivity contribution < 1.29 is 22.7 Å². The van der Waals surface area contributed by atoms with Crippen LogP contribution in [0.1, 0.15) is 64.7 Å². The molecule has 154 valence electrons. The van der Waals surface area contributed by atoms with Crippen LogP contribution in [0.4, 0.5) is 13.2 Å². The predicted molar refractivity (Wildman–Crippen MR) is 97.0 cm³/mol. The second kappa shape index (κ2) is 7.03. The van der Waals surface area contributed by atoms with E-state index < -0.39 is 12.1 Å². The third kappa shape index (κ3) is 3.26. The van der Waals surface area contributed by atoms with Crippen LogP contribution in [0.3, 0.4) is 0 Å². The maximum atomic E-state index is 13.2. The van der Waals surface area contributed by atoms with Gasteiger partial charge in [0, 0.05) is 13.0 Å². The molecule has 8 atom stereocenters. The molecule has 4 aliphatic carbocycles. The molecule has 4 aliphatic rings. The summed E-state index contributed by atoms with van der Waals surface area (Å²) < 4.78 is 44.7. The zero-order valence-corrected chi connectivity index (χ0v) is 16.6. The lowest BCUT2D eigenvalue weighted by Crippen LogP contribution is -2.50. The first-order valence-corrected chi connectivity index (χ1v) is 10.8. The lowest BCUT2D eigenvalue weighted by Gasteiger charge is -2.56. The molecule has 0 N–H and O–H groups in total. The minimum Gasteiger partial charge on any atom is -0.377 e. The van der Waals surface area contributed by atoms with E-state index in [4.69, 9.17) is 4.74 Å². The molecule has 1 unspecified atom stereocenters. The average molecular weight is 386 g/mol. The normalized spacial score (nSPS) is 47.1. The summed E-state index contributed by atoms with van der Waals surface area (Å²) >= 11 is 0. The zero-order valence-electron chi connectivity index (χ0n) is 16.6. The van der Waals surface area contributed by atoms with Crippen LogP contribution in [0.25, 0.3) is 0 Å². The molecule has 0 aromatic carbocycles. The van der Waals surface area contributed by atoms with Crippen molar-refractivity contribution in [2.45, 2.75) is 70.9 Å². The predicted octanol–water partition coefficient (Wildman–Crippen LogP) is 5.65. The highest BCUT2D eigenvalue weighted by Gasteiger charge is 2.59. The van der Waals surface area contributed by atoms with Crippen LogP contribution in [0.2, 0.25) is 0 Å². The molecular weight excluding hydrogens is 353 g/mol. The van der Waals surface area contributed by atoms with Gasteiger partial charge in [-0.25, -0.2) is 0 Å². The molecule has 27 heavy (non-hydrogen) atoms. The van der Waals surface area contributed by atoms with Gasteiger partial charge in [-0.05, 0) is 92.8 Å². The van der Waals surface area contributed by atoms with Gasteiger partial charge in [0.1, 0.15) is 6.61 Å². The van der Waals surface area contributed by atoms with E-state index >= 15 is 0 Å². The van der Waals surface area contributed by atoms with Gasteiger partial charge in [-0.1, -0.05) is 6.92 Å². The summed E-state index contributed by atoms with van der Waals surface area (Å²) in [6.45, 7) is 2.52. The van der Waals surface area contributed by atoms with E-state index in [-0.39, 0.29) is 29.6 Å². The van der Waals surface area contributed by atoms with Crippen molar-refractivity contribution in [3.05, 3.63) is 0 Å². The second-order valence-corrected chi connectivity index (χ2v) is 10.1. The average Bonchev–Trinajstić information content (AvgIpc) is 2.97. The van der Waals surface area contributed by atoms with Gasteiger partial charge < -0.3 is 4.74 Å². The van der Waals surface area contributed by atoms with Crippen molar-refractivity contribution in [3.63, 3.8) is 0 Å². The van der Waals surface area contributed by atoms with E-state index in [9.17, 15) is 18.0 Å².